The van der Waals surface area contributed by atoms with E-state index < -0.39 is 21.5 Å². The Balaban J connectivity index is 2.09. The van der Waals surface area contributed by atoms with Crippen molar-refractivity contribution in [2.75, 3.05) is 0 Å². The van der Waals surface area contributed by atoms with Crippen LogP contribution in [0.4, 0.5) is 11.4 Å². The van der Waals surface area contributed by atoms with Gasteiger partial charge in [0.1, 0.15) is 5.69 Å². The molecule has 0 radical (unpaired) electrons. The van der Waals surface area contributed by atoms with Crippen molar-refractivity contribution in [1.82, 2.24) is 0 Å². The first-order valence-corrected chi connectivity index (χ1v) is 10.0. The van der Waals surface area contributed by atoms with Gasteiger partial charge in [0.25, 0.3) is 10.1 Å². The minimum absolute atomic E-state index is 0.0745. The molecule has 0 spiro atoms. The second-order valence-electron chi connectivity index (χ2n) is 5.56. The second kappa shape index (κ2) is 7.53. The van der Waals surface area contributed by atoms with E-state index in [2.05, 4.69) is 10.2 Å². The first-order valence-electron chi connectivity index (χ1n) is 7.56. The Morgan fingerprint density at radius 2 is 1.78 bits per heavy atom. The lowest BCUT2D eigenvalue weighted by Crippen LogP contribution is -1.98. The molecule has 0 aromatic heterocycles. The number of hydrogen-bond donors (Lipinski definition) is 2. The van der Waals surface area contributed by atoms with E-state index in [-0.39, 0.29) is 16.3 Å². The molecular formula is C17H14N2O6S2. The molecule has 0 saturated carbocycles. The Kier molecular flexibility index (Phi) is 5.33. The Hall–Kier alpha value is -2.66. The normalized spacial score (nSPS) is 13.1. The molecule has 3 rings (SSSR count). The third-order valence-corrected chi connectivity index (χ3v) is 4.92. The number of nitrogens with zero attached hydrogens (tertiary/aromatic N) is 2. The van der Waals surface area contributed by atoms with Crippen LogP contribution in [-0.4, -0.2) is 21.7 Å². The maximum absolute atomic E-state index is 11.2. The van der Waals surface area contributed by atoms with Crippen LogP contribution < -0.4 is 4.18 Å². The van der Waals surface area contributed by atoms with Crippen molar-refractivity contribution >= 4 is 43.6 Å². The summed E-state index contributed by atoms with van der Waals surface area (Å²) in [6, 6.07) is 14.4. The Morgan fingerprint density at radius 3 is 2.44 bits per heavy atom. The predicted molar refractivity (Wildman–Crippen MR) is 101 cm³/mol. The fraction of sp³-hybridized carbons (Fsp3) is 0.0588. The summed E-state index contributed by atoms with van der Waals surface area (Å²) in [6.45, 7) is 1.62. The number of azo groups is 1. The van der Waals surface area contributed by atoms with E-state index >= 15 is 0 Å². The van der Waals surface area contributed by atoms with E-state index in [1.165, 1.54) is 24.3 Å². The van der Waals surface area contributed by atoms with Gasteiger partial charge in [-0.1, -0.05) is 30.3 Å². The zero-order chi connectivity index (χ0) is 19.6. The Labute approximate surface area is 157 Å². The van der Waals surface area contributed by atoms with E-state index in [0.717, 1.165) is 5.39 Å². The van der Waals surface area contributed by atoms with Gasteiger partial charge in [-0.05, 0) is 42.1 Å². The van der Waals surface area contributed by atoms with Crippen molar-refractivity contribution < 1.29 is 25.9 Å². The molecule has 0 saturated heterocycles. The molecule has 3 aromatic carbocycles. The molecule has 0 fully saturated rings. The average Bonchev–Trinajstić information content (AvgIpc) is 2.60. The number of aryl methyl sites for hydroxylation is 1. The van der Waals surface area contributed by atoms with Crippen LogP contribution in [0.5, 0.6) is 5.75 Å². The Bertz CT molecular complexity index is 1180. The van der Waals surface area contributed by atoms with Crippen LogP contribution in [0.3, 0.4) is 0 Å². The summed E-state index contributed by atoms with van der Waals surface area (Å²) in [7, 11) is -4.31. The third-order valence-electron chi connectivity index (χ3n) is 3.75. The van der Waals surface area contributed by atoms with Crippen LogP contribution in [0.1, 0.15) is 5.56 Å². The highest BCUT2D eigenvalue weighted by Gasteiger charge is 2.13. The standard InChI is InChI=1S/C17H14N2O6S2/c1-11-10-13(27(22,23)24)7-8-15(11)18-19-17-14-5-3-2-4-12(14)6-9-16(17)25-26(20)21/h2-10H,1H3,(H,20,21)(H,22,23,24). The molecule has 1 atom stereocenters. The monoisotopic (exact) mass is 406 g/mol. The van der Waals surface area contributed by atoms with Crippen LogP contribution >= 0.6 is 0 Å². The van der Waals surface area contributed by atoms with Crippen LogP contribution in [0, 0.1) is 6.92 Å². The number of benzene rings is 3. The fourth-order valence-corrected chi connectivity index (χ4v) is 3.34. The molecule has 0 aliphatic carbocycles. The molecule has 0 amide bonds. The summed E-state index contributed by atoms with van der Waals surface area (Å²) in [6.07, 6.45) is 0. The summed E-state index contributed by atoms with van der Waals surface area (Å²) in [4.78, 5) is -0.246. The molecule has 0 aliphatic heterocycles. The second-order valence-corrected chi connectivity index (χ2v) is 7.58. The van der Waals surface area contributed by atoms with Gasteiger partial charge in [0.05, 0.1) is 10.6 Å². The van der Waals surface area contributed by atoms with Crippen LogP contribution in [-0.2, 0) is 21.5 Å². The molecule has 8 nitrogen and oxygen atoms in total. The topological polar surface area (TPSA) is 126 Å². The molecule has 140 valence electrons. The predicted octanol–water partition coefficient (Wildman–Crippen LogP) is 4.33. The van der Waals surface area contributed by atoms with Gasteiger partial charge in [-0.3, -0.25) is 9.11 Å². The van der Waals surface area contributed by atoms with Crippen molar-refractivity contribution in [1.29, 1.82) is 0 Å². The first kappa shape index (κ1) is 19.1. The SMILES string of the molecule is Cc1cc(S(=O)(=O)O)ccc1N=Nc1c(OS(=O)O)ccc2ccccc12. The Morgan fingerprint density at radius 1 is 1.04 bits per heavy atom. The summed E-state index contributed by atoms with van der Waals surface area (Å²) in [5.74, 6) is 0.0745. The van der Waals surface area contributed by atoms with Gasteiger partial charge in [-0.2, -0.15) is 17.7 Å². The summed E-state index contributed by atoms with van der Waals surface area (Å²) >= 11 is -2.53. The zero-order valence-corrected chi connectivity index (χ0v) is 15.6. The molecule has 3 aromatic rings. The minimum atomic E-state index is -4.31. The lowest BCUT2D eigenvalue weighted by Gasteiger charge is -2.08. The molecule has 0 aliphatic rings. The number of rotatable bonds is 5. The van der Waals surface area contributed by atoms with E-state index in [1.807, 2.05) is 12.1 Å². The molecule has 1 unspecified atom stereocenters. The van der Waals surface area contributed by atoms with Crippen LogP contribution in [0.2, 0.25) is 0 Å². The van der Waals surface area contributed by atoms with Gasteiger partial charge < -0.3 is 4.18 Å². The molecular weight excluding hydrogens is 392 g/mol. The largest absolute Gasteiger partial charge is 0.378 e. The first-order chi connectivity index (χ1) is 12.8. The average molecular weight is 406 g/mol. The quantitative estimate of drug-likeness (QED) is 0.369. The van der Waals surface area contributed by atoms with Gasteiger partial charge in [0, 0.05) is 5.39 Å². The molecule has 2 N–H and O–H groups in total. The minimum Gasteiger partial charge on any atom is -0.378 e. The van der Waals surface area contributed by atoms with Crippen molar-refractivity contribution in [2.24, 2.45) is 10.2 Å². The van der Waals surface area contributed by atoms with Crippen LogP contribution in [0.15, 0.2) is 69.7 Å². The van der Waals surface area contributed by atoms with Gasteiger partial charge in [0.2, 0.25) is 0 Å². The van der Waals surface area contributed by atoms with Crippen molar-refractivity contribution in [3.05, 3.63) is 60.2 Å². The zero-order valence-electron chi connectivity index (χ0n) is 13.9. The smallest absolute Gasteiger partial charge is 0.357 e. The molecule has 0 bridgehead atoms. The lowest BCUT2D eigenvalue weighted by atomic mass is 10.1. The maximum Gasteiger partial charge on any atom is 0.357 e. The van der Waals surface area contributed by atoms with Crippen molar-refractivity contribution in [2.45, 2.75) is 11.8 Å². The van der Waals surface area contributed by atoms with Gasteiger partial charge in [0.15, 0.2) is 5.75 Å². The highest BCUT2D eigenvalue weighted by molar-refractivity contribution is 7.85. The van der Waals surface area contributed by atoms with Crippen molar-refractivity contribution in [3.63, 3.8) is 0 Å². The number of fused-ring (bicyclic) bond motifs is 1. The van der Waals surface area contributed by atoms with Crippen molar-refractivity contribution in [3.8, 4) is 5.75 Å². The van der Waals surface area contributed by atoms with Crippen LogP contribution in [0.25, 0.3) is 10.8 Å². The third kappa shape index (κ3) is 4.37. The number of hydrogen-bond acceptors (Lipinski definition) is 6. The van der Waals surface area contributed by atoms with Gasteiger partial charge in [-0.25, -0.2) is 0 Å². The van der Waals surface area contributed by atoms with E-state index in [1.54, 1.807) is 25.1 Å². The summed E-state index contributed by atoms with van der Waals surface area (Å²) in [5, 5.41) is 9.76. The summed E-state index contributed by atoms with van der Waals surface area (Å²) < 4.78 is 56.5. The lowest BCUT2D eigenvalue weighted by molar-refractivity contribution is 0.458. The van der Waals surface area contributed by atoms with E-state index in [4.69, 9.17) is 13.3 Å². The summed E-state index contributed by atoms with van der Waals surface area (Å²) in [5.41, 5.74) is 1.10. The molecule has 10 heteroatoms. The highest BCUT2D eigenvalue weighted by Crippen LogP contribution is 2.37. The van der Waals surface area contributed by atoms with Gasteiger partial charge in [-0.15, -0.1) is 5.11 Å². The fourth-order valence-electron chi connectivity index (χ4n) is 2.49. The molecule has 27 heavy (non-hydrogen) atoms. The van der Waals surface area contributed by atoms with E-state index in [0.29, 0.717) is 16.6 Å². The van der Waals surface area contributed by atoms with E-state index in [9.17, 15) is 12.6 Å². The molecule has 0 heterocycles. The highest BCUT2D eigenvalue weighted by atomic mass is 32.2. The van der Waals surface area contributed by atoms with Gasteiger partial charge >= 0.3 is 11.4 Å². The maximum atomic E-state index is 11.2.